The summed E-state index contributed by atoms with van der Waals surface area (Å²) in [6.45, 7) is 0.498. The second kappa shape index (κ2) is 8.79. The van der Waals surface area contributed by atoms with Gasteiger partial charge in [-0.2, -0.15) is 4.98 Å². The summed E-state index contributed by atoms with van der Waals surface area (Å²) in [5.41, 5.74) is 1.52. The van der Waals surface area contributed by atoms with Crippen LogP contribution in [0.5, 0.6) is 0 Å². The monoisotopic (exact) mass is 369 g/mol. The van der Waals surface area contributed by atoms with Gasteiger partial charge in [0.2, 0.25) is 17.6 Å². The van der Waals surface area contributed by atoms with Gasteiger partial charge in [-0.3, -0.25) is 4.79 Å². The summed E-state index contributed by atoms with van der Waals surface area (Å²) >= 11 is 0. The number of carbonyl (C=O) groups excluding carboxylic acids is 2. The van der Waals surface area contributed by atoms with Gasteiger partial charge in [-0.15, -0.1) is 0 Å². The molecule has 3 rings (SSSR count). The maximum absolute atomic E-state index is 11.9. The van der Waals surface area contributed by atoms with Gasteiger partial charge in [-0.1, -0.05) is 17.3 Å². The van der Waals surface area contributed by atoms with Crippen LogP contribution in [-0.2, 0) is 22.4 Å². The Kier molecular flexibility index (Phi) is 5.98. The number of rotatable bonds is 8. The fourth-order valence-electron chi connectivity index (χ4n) is 2.44. The van der Waals surface area contributed by atoms with E-state index >= 15 is 0 Å². The number of methoxy groups -OCH3 is 1. The molecule has 0 spiro atoms. The summed E-state index contributed by atoms with van der Waals surface area (Å²) in [6.07, 6.45) is 2.80. The van der Waals surface area contributed by atoms with Crippen LogP contribution in [0.1, 0.15) is 28.2 Å². The van der Waals surface area contributed by atoms with E-state index in [1.807, 2.05) is 12.1 Å². The molecule has 0 unspecified atom stereocenters. The molecule has 0 saturated carbocycles. The van der Waals surface area contributed by atoms with Crippen LogP contribution in [0.15, 0.2) is 51.6 Å². The lowest BCUT2D eigenvalue weighted by molar-refractivity contribution is -0.121. The average Bonchev–Trinajstić information content (AvgIpc) is 3.38. The quantitative estimate of drug-likeness (QED) is 0.608. The van der Waals surface area contributed by atoms with Crippen molar-refractivity contribution < 1.29 is 23.3 Å². The van der Waals surface area contributed by atoms with Crippen molar-refractivity contribution in [1.29, 1.82) is 0 Å². The maximum atomic E-state index is 11.9. The van der Waals surface area contributed by atoms with Gasteiger partial charge in [0, 0.05) is 19.4 Å². The second-order valence-electron chi connectivity index (χ2n) is 5.78. The number of amides is 1. The summed E-state index contributed by atoms with van der Waals surface area (Å²) in [7, 11) is 1.35. The Morgan fingerprint density at radius 2 is 1.96 bits per heavy atom. The summed E-state index contributed by atoms with van der Waals surface area (Å²) in [4.78, 5) is 27.5. The lowest BCUT2D eigenvalue weighted by atomic mass is 10.1. The van der Waals surface area contributed by atoms with Crippen LogP contribution in [0.2, 0.25) is 0 Å². The van der Waals surface area contributed by atoms with Crippen molar-refractivity contribution in [2.24, 2.45) is 0 Å². The Bertz CT molecular complexity index is 884. The summed E-state index contributed by atoms with van der Waals surface area (Å²) in [5, 5.41) is 6.66. The molecule has 8 heteroatoms. The first-order valence-corrected chi connectivity index (χ1v) is 8.46. The molecule has 0 radical (unpaired) electrons. The Morgan fingerprint density at radius 3 is 2.67 bits per heavy atom. The number of aryl methyl sites for hydroxylation is 1. The molecule has 1 aromatic carbocycles. The normalized spacial score (nSPS) is 10.6. The molecule has 0 bridgehead atoms. The molecule has 2 heterocycles. The number of nitrogens with zero attached hydrogens (tertiary/aromatic N) is 2. The van der Waals surface area contributed by atoms with Gasteiger partial charge in [0.25, 0.3) is 0 Å². The third-order valence-corrected chi connectivity index (χ3v) is 3.89. The zero-order chi connectivity index (χ0) is 19.1. The van der Waals surface area contributed by atoms with Gasteiger partial charge in [-0.25, -0.2) is 4.79 Å². The zero-order valence-corrected chi connectivity index (χ0v) is 14.8. The smallest absolute Gasteiger partial charge is 0.337 e. The Morgan fingerprint density at radius 1 is 1.15 bits per heavy atom. The molecule has 8 nitrogen and oxygen atoms in total. The van der Waals surface area contributed by atoms with Crippen molar-refractivity contribution >= 4 is 11.9 Å². The molecule has 140 valence electrons. The molecule has 27 heavy (non-hydrogen) atoms. The maximum Gasteiger partial charge on any atom is 0.337 e. The van der Waals surface area contributed by atoms with Gasteiger partial charge in [-0.05, 0) is 36.2 Å². The zero-order valence-electron chi connectivity index (χ0n) is 14.8. The van der Waals surface area contributed by atoms with Crippen molar-refractivity contribution in [1.82, 2.24) is 15.5 Å². The Balaban J connectivity index is 1.39. The van der Waals surface area contributed by atoms with Crippen molar-refractivity contribution in [3.63, 3.8) is 0 Å². The highest BCUT2D eigenvalue weighted by atomic mass is 16.5. The molecule has 0 aliphatic heterocycles. The largest absolute Gasteiger partial charge is 0.465 e. The molecule has 0 atom stereocenters. The van der Waals surface area contributed by atoms with Gasteiger partial charge < -0.3 is 19.0 Å². The molecule has 0 fully saturated rings. The van der Waals surface area contributed by atoms with Crippen molar-refractivity contribution in [3.8, 4) is 11.6 Å². The van der Waals surface area contributed by atoms with Crippen LogP contribution in [-0.4, -0.2) is 35.7 Å². The minimum absolute atomic E-state index is 0.0982. The third kappa shape index (κ3) is 5.04. The molecular weight excluding hydrogens is 350 g/mol. The van der Waals surface area contributed by atoms with E-state index in [-0.39, 0.29) is 18.3 Å². The van der Waals surface area contributed by atoms with E-state index in [1.165, 1.54) is 13.4 Å². The van der Waals surface area contributed by atoms with E-state index in [4.69, 9.17) is 8.94 Å². The van der Waals surface area contributed by atoms with Crippen molar-refractivity contribution in [3.05, 3.63) is 59.7 Å². The second-order valence-corrected chi connectivity index (χ2v) is 5.78. The van der Waals surface area contributed by atoms with Crippen LogP contribution in [0.4, 0.5) is 0 Å². The first kappa shape index (κ1) is 18.4. The SMILES string of the molecule is COC(=O)c1ccc(CCNC(=O)CCc2nc(-c3ccco3)no2)cc1. The fourth-order valence-corrected chi connectivity index (χ4v) is 2.44. The minimum Gasteiger partial charge on any atom is -0.465 e. The average molecular weight is 369 g/mol. The number of aromatic nitrogens is 2. The number of esters is 1. The first-order valence-electron chi connectivity index (χ1n) is 8.46. The van der Waals surface area contributed by atoms with E-state index < -0.39 is 0 Å². The van der Waals surface area contributed by atoms with Crippen LogP contribution in [0, 0.1) is 0 Å². The number of carbonyl (C=O) groups is 2. The van der Waals surface area contributed by atoms with E-state index in [1.54, 1.807) is 24.3 Å². The fraction of sp³-hybridized carbons (Fsp3) is 0.263. The number of hydrogen-bond acceptors (Lipinski definition) is 7. The van der Waals surface area contributed by atoms with Gasteiger partial charge in [0.15, 0.2) is 5.76 Å². The molecule has 0 saturated heterocycles. The predicted octanol–water partition coefficient (Wildman–Crippen LogP) is 2.41. The number of hydrogen-bond donors (Lipinski definition) is 1. The highest BCUT2D eigenvalue weighted by molar-refractivity contribution is 5.89. The molecule has 1 amide bonds. The highest BCUT2D eigenvalue weighted by Gasteiger charge is 2.12. The predicted molar refractivity (Wildman–Crippen MR) is 94.8 cm³/mol. The van der Waals surface area contributed by atoms with Crippen molar-refractivity contribution in [2.45, 2.75) is 19.3 Å². The topological polar surface area (TPSA) is 107 Å². The number of benzene rings is 1. The molecule has 0 aliphatic rings. The van der Waals surface area contributed by atoms with E-state index in [9.17, 15) is 9.59 Å². The molecule has 3 aromatic rings. The van der Waals surface area contributed by atoms with Gasteiger partial charge in [0.1, 0.15) is 0 Å². The summed E-state index contributed by atoms with van der Waals surface area (Å²) in [6, 6.07) is 10.6. The molecule has 2 aromatic heterocycles. The number of nitrogens with one attached hydrogen (secondary N) is 1. The minimum atomic E-state index is -0.369. The summed E-state index contributed by atoms with van der Waals surface area (Å²) < 4.78 is 15.0. The molecule has 0 aliphatic carbocycles. The van der Waals surface area contributed by atoms with Crippen molar-refractivity contribution in [2.75, 3.05) is 13.7 Å². The first-order chi connectivity index (χ1) is 13.2. The number of ether oxygens (including phenoxy) is 1. The van der Waals surface area contributed by atoms with Gasteiger partial charge in [0.05, 0.1) is 18.9 Å². The summed E-state index contributed by atoms with van der Waals surface area (Å²) in [5.74, 6) is 0.804. The molecule has 1 N–H and O–H groups in total. The highest BCUT2D eigenvalue weighted by Crippen LogP contribution is 2.16. The van der Waals surface area contributed by atoms with Crippen LogP contribution >= 0.6 is 0 Å². The van der Waals surface area contributed by atoms with E-state index in [0.29, 0.717) is 42.4 Å². The van der Waals surface area contributed by atoms with E-state index in [0.717, 1.165) is 5.56 Å². The van der Waals surface area contributed by atoms with Crippen LogP contribution in [0.3, 0.4) is 0 Å². The lowest BCUT2D eigenvalue weighted by Gasteiger charge is -2.05. The van der Waals surface area contributed by atoms with Gasteiger partial charge >= 0.3 is 5.97 Å². The van der Waals surface area contributed by atoms with Crippen LogP contribution in [0.25, 0.3) is 11.6 Å². The van der Waals surface area contributed by atoms with Crippen LogP contribution < -0.4 is 5.32 Å². The standard InChI is InChI=1S/C19H19N3O5/c1-25-19(24)14-6-4-13(5-7-14)10-11-20-16(23)8-9-17-21-18(22-27-17)15-3-2-12-26-15/h2-7,12H,8-11H2,1H3,(H,20,23). The molecular formula is C19H19N3O5. The van der Waals surface area contributed by atoms with E-state index in [2.05, 4.69) is 20.2 Å². The number of furan rings is 1. The Labute approximate surface area is 155 Å². The third-order valence-electron chi connectivity index (χ3n) is 3.89. The lowest BCUT2D eigenvalue weighted by Crippen LogP contribution is -2.25. The Hall–Kier alpha value is -3.42.